The number of hydrogen-bond donors (Lipinski definition) is 1. The third-order valence-corrected chi connectivity index (χ3v) is 6.30. The van der Waals surface area contributed by atoms with Crippen LogP contribution in [-0.2, 0) is 10.0 Å². The molecule has 160 valence electrons. The minimum atomic E-state index is -3.74. The van der Waals surface area contributed by atoms with Gasteiger partial charge < -0.3 is 4.74 Å². The number of benzene rings is 2. The maximum atomic E-state index is 12.9. The van der Waals surface area contributed by atoms with Crippen molar-refractivity contribution in [1.82, 2.24) is 14.4 Å². The zero-order valence-corrected chi connectivity index (χ0v) is 18.3. The molecule has 0 aliphatic carbocycles. The highest BCUT2D eigenvalue weighted by atomic mass is 32.2. The van der Waals surface area contributed by atoms with Crippen LogP contribution in [-0.4, -0.2) is 29.4 Å². The molecule has 0 radical (unpaired) electrons. The van der Waals surface area contributed by atoms with E-state index in [9.17, 15) is 8.42 Å². The van der Waals surface area contributed by atoms with Crippen LogP contribution in [0.15, 0.2) is 72.0 Å². The lowest BCUT2D eigenvalue weighted by Crippen LogP contribution is -2.13. The van der Waals surface area contributed by atoms with E-state index in [4.69, 9.17) is 4.74 Å². The standard InChI is InChI=1S/C23H24N4O3S/c1-3-4-14-30-19-8-10-20(11-9-19)31(28,29)26-21-15-18(7-6-17(21)2)22-16-27-13-5-12-24-23(27)25-22/h5-13,15-16,26H,3-4,14H2,1-2H3. The lowest BCUT2D eigenvalue weighted by atomic mass is 10.1. The summed E-state index contributed by atoms with van der Waals surface area (Å²) in [5.41, 5.74) is 2.83. The SMILES string of the molecule is CCCCOc1ccc(S(=O)(=O)Nc2cc(-c3cn4cccnc4n3)ccc2C)cc1. The molecule has 0 fully saturated rings. The number of nitrogens with one attached hydrogen (secondary N) is 1. The monoisotopic (exact) mass is 436 g/mol. The third kappa shape index (κ3) is 4.69. The normalized spacial score (nSPS) is 11.5. The molecule has 31 heavy (non-hydrogen) atoms. The first-order chi connectivity index (χ1) is 15.0. The van der Waals surface area contributed by atoms with E-state index >= 15 is 0 Å². The molecule has 7 nitrogen and oxygen atoms in total. The summed E-state index contributed by atoms with van der Waals surface area (Å²) in [4.78, 5) is 8.91. The van der Waals surface area contributed by atoms with Crippen molar-refractivity contribution >= 4 is 21.5 Å². The summed E-state index contributed by atoms with van der Waals surface area (Å²) < 4.78 is 36.0. The van der Waals surface area contributed by atoms with Crippen LogP contribution in [0.2, 0.25) is 0 Å². The maximum absolute atomic E-state index is 12.9. The Balaban J connectivity index is 1.57. The highest BCUT2D eigenvalue weighted by Gasteiger charge is 2.16. The van der Waals surface area contributed by atoms with E-state index in [1.165, 1.54) is 0 Å². The number of nitrogens with zero attached hydrogens (tertiary/aromatic N) is 3. The van der Waals surface area contributed by atoms with Gasteiger partial charge in [-0.2, -0.15) is 0 Å². The molecule has 0 saturated heterocycles. The molecule has 0 unspecified atom stereocenters. The zero-order valence-electron chi connectivity index (χ0n) is 17.4. The first kappa shape index (κ1) is 20.9. The van der Waals surface area contributed by atoms with Gasteiger partial charge >= 0.3 is 0 Å². The fourth-order valence-corrected chi connectivity index (χ4v) is 4.24. The maximum Gasteiger partial charge on any atom is 0.261 e. The molecule has 0 bridgehead atoms. The lowest BCUT2D eigenvalue weighted by Gasteiger charge is -2.12. The van der Waals surface area contributed by atoms with Gasteiger partial charge in [-0.15, -0.1) is 0 Å². The largest absolute Gasteiger partial charge is 0.494 e. The zero-order chi connectivity index (χ0) is 21.8. The Morgan fingerprint density at radius 3 is 2.68 bits per heavy atom. The third-order valence-electron chi connectivity index (χ3n) is 4.91. The summed E-state index contributed by atoms with van der Waals surface area (Å²) in [5.74, 6) is 1.24. The fourth-order valence-electron chi connectivity index (χ4n) is 3.11. The number of aromatic nitrogens is 3. The number of imidazole rings is 1. The van der Waals surface area contributed by atoms with Crippen LogP contribution in [0.4, 0.5) is 5.69 Å². The van der Waals surface area contributed by atoms with E-state index < -0.39 is 10.0 Å². The summed E-state index contributed by atoms with van der Waals surface area (Å²) in [6.45, 7) is 4.57. The predicted octanol–water partition coefficient (Wildman–Crippen LogP) is 4.68. The van der Waals surface area contributed by atoms with E-state index in [2.05, 4.69) is 21.6 Å². The Hall–Kier alpha value is -3.39. The summed E-state index contributed by atoms with van der Waals surface area (Å²) in [6, 6.07) is 13.9. The van der Waals surface area contributed by atoms with Gasteiger partial charge in [-0.05, 0) is 55.3 Å². The van der Waals surface area contributed by atoms with E-state index in [0.717, 1.165) is 24.0 Å². The van der Waals surface area contributed by atoms with Crippen molar-refractivity contribution in [3.05, 3.63) is 72.7 Å². The van der Waals surface area contributed by atoms with Crippen LogP contribution < -0.4 is 9.46 Å². The number of unbranched alkanes of at least 4 members (excludes halogenated alkanes) is 1. The van der Waals surface area contributed by atoms with E-state index in [1.807, 2.05) is 41.9 Å². The number of hydrogen-bond acceptors (Lipinski definition) is 5. The van der Waals surface area contributed by atoms with Crippen LogP contribution in [0.5, 0.6) is 5.75 Å². The van der Waals surface area contributed by atoms with E-state index in [0.29, 0.717) is 29.5 Å². The highest BCUT2D eigenvalue weighted by Crippen LogP contribution is 2.27. The number of sulfonamides is 1. The van der Waals surface area contributed by atoms with Crippen molar-refractivity contribution < 1.29 is 13.2 Å². The molecule has 0 aliphatic rings. The molecule has 4 rings (SSSR count). The van der Waals surface area contributed by atoms with Crippen LogP contribution in [0.25, 0.3) is 17.0 Å². The summed E-state index contributed by atoms with van der Waals surface area (Å²) >= 11 is 0. The first-order valence-corrected chi connectivity index (χ1v) is 11.6. The molecule has 0 spiro atoms. The average molecular weight is 437 g/mol. The molecule has 0 aliphatic heterocycles. The number of aryl methyl sites for hydroxylation is 1. The van der Waals surface area contributed by atoms with Crippen molar-refractivity contribution in [1.29, 1.82) is 0 Å². The second-order valence-electron chi connectivity index (χ2n) is 7.26. The molecular weight excluding hydrogens is 412 g/mol. The molecule has 2 aromatic carbocycles. The van der Waals surface area contributed by atoms with Crippen molar-refractivity contribution in [2.24, 2.45) is 0 Å². The highest BCUT2D eigenvalue weighted by molar-refractivity contribution is 7.92. The molecule has 0 saturated carbocycles. The first-order valence-electron chi connectivity index (χ1n) is 10.1. The Kier molecular flexibility index (Phi) is 5.90. The van der Waals surface area contributed by atoms with E-state index in [1.54, 1.807) is 36.5 Å². The molecule has 4 aromatic rings. The number of fused-ring (bicyclic) bond motifs is 1. The number of ether oxygens (including phenoxy) is 1. The Labute approximate surface area is 181 Å². The van der Waals surface area contributed by atoms with Gasteiger partial charge in [-0.3, -0.25) is 9.12 Å². The number of rotatable bonds is 8. The molecule has 1 N–H and O–H groups in total. The van der Waals surface area contributed by atoms with Gasteiger partial charge in [-0.25, -0.2) is 18.4 Å². The van der Waals surface area contributed by atoms with Crippen molar-refractivity contribution in [3.63, 3.8) is 0 Å². The molecule has 2 heterocycles. The van der Waals surface area contributed by atoms with Gasteiger partial charge in [0.2, 0.25) is 5.78 Å². The van der Waals surface area contributed by atoms with Gasteiger partial charge in [0.25, 0.3) is 10.0 Å². The molecule has 2 aromatic heterocycles. The van der Waals surface area contributed by atoms with Crippen molar-refractivity contribution in [2.45, 2.75) is 31.6 Å². The average Bonchev–Trinajstić information content (AvgIpc) is 3.20. The summed E-state index contributed by atoms with van der Waals surface area (Å²) in [7, 11) is -3.74. The quantitative estimate of drug-likeness (QED) is 0.405. The van der Waals surface area contributed by atoms with Crippen LogP contribution in [0.3, 0.4) is 0 Å². The molecular formula is C23H24N4O3S. The predicted molar refractivity (Wildman–Crippen MR) is 121 cm³/mol. The smallest absolute Gasteiger partial charge is 0.261 e. The van der Waals surface area contributed by atoms with Crippen LogP contribution in [0.1, 0.15) is 25.3 Å². The Morgan fingerprint density at radius 1 is 1.13 bits per heavy atom. The molecule has 0 atom stereocenters. The van der Waals surface area contributed by atoms with Gasteiger partial charge in [0.15, 0.2) is 0 Å². The number of anilines is 1. The molecule has 8 heteroatoms. The van der Waals surface area contributed by atoms with Gasteiger partial charge in [-0.1, -0.05) is 25.5 Å². The van der Waals surface area contributed by atoms with Gasteiger partial charge in [0, 0.05) is 24.2 Å². The Morgan fingerprint density at radius 2 is 1.94 bits per heavy atom. The van der Waals surface area contributed by atoms with Crippen LogP contribution in [0, 0.1) is 6.92 Å². The second kappa shape index (κ2) is 8.77. The second-order valence-corrected chi connectivity index (χ2v) is 8.94. The minimum Gasteiger partial charge on any atom is -0.494 e. The van der Waals surface area contributed by atoms with Gasteiger partial charge in [0.1, 0.15) is 5.75 Å². The Bertz CT molecular complexity index is 1270. The van der Waals surface area contributed by atoms with E-state index in [-0.39, 0.29) is 4.90 Å². The minimum absolute atomic E-state index is 0.178. The lowest BCUT2D eigenvalue weighted by molar-refractivity contribution is 0.309. The fraction of sp³-hybridized carbons (Fsp3) is 0.217. The summed E-state index contributed by atoms with van der Waals surface area (Å²) in [6.07, 6.45) is 7.41. The topological polar surface area (TPSA) is 85.6 Å². The van der Waals surface area contributed by atoms with Crippen molar-refractivity contribution in [2.75, 3.05) is 11.3 Å². The van der Waals surface area contributed by atoms with Gasteiger partial charge in [0.05, 0.1) is 22.9 Å². The molecule has 0 amide bonds. The summed E-state index contributed by atoms with van der Waals surface area (Å²) in [5, 5.41) is 0. The van der Waals surface area contributed by atoms with Crippen LogP contribution >= 0.6 is 0 Å². The van der Waals surface area contributed by atoms with Crippen molar-refractivity contribution in [3.8, 4) is 17.0 Å².